The van der Waals surface area contributed by atoms with Crippen molar-refractivity contribution in [1.82, 2.24) is 15.2 Å². The molecule has 0 aromatic carbocycles. The Labute approximate surface area is 96.9 Å². The second-order valence-corrected chi connectivity index (χ2v) is 4.57. The van der Waals surface area contributed by atoms with Gasteiger partial charge in [-0.3, -0.25) is 0 Å². The molecule has 16 heavy (non-hydrogen) atoms. The predicted molar refractivity (Wildman–Crippen MR) is 61.8 cm³/mol. The van der Waals surface area contributed by atoms with Gasteiger partial charge in [0.05, 0.1) is 11.6 Å². The smallest absolute Gasteiger partial charge is 0.271 e. The van der Waals surface area contributed by atoms with Gasteiger partial charge >= 0.3 is 0 Å². The van der Waals surface area contributed by atoms with Gasteiger partial charge in [-0.1, -0.05) is 0 Å². The van der Waals surface area contributed by atoms with E-state index in [0.717, 1.165) is 9.88 Å². The monoisotopic (exact) mass is 243 g/mol. The zero-order valence-electron chi connectivity index (χ0n) is 9.30. The fraction of sp³-hybridized carbons (Fsp3) is 0.500. The van der Waals surface area contributed by atoms with E-state index in [-0.39, 0.29) is 5.96 Å². The Kier molecular flexibility index (Phi) is 4.18. The third kappa shape index (κ3) is 3.81. The Morgan fingerprint density at radius 2 is 2.44 bits per heavy atom. The van der Waals surface area contributed by atoms with Gasteiger partial charge < -0.3 is 10.2 Å². The Morgan fingerprint density at radius 3 is 2.88 bits per heavy atom. The molecule has 0 unspecified atom stereocenters. The van der Waals surface area contributed by atoms with Crippen LogP contribution in [0.2, 0.25) is 0 Å². The van der Waals surface area contributed by atoms with E-state index in [1.807, 2.05) is 6.92 Å². The summed E-state index contributed by atoms with van der Waals surface area (Å²) in [6.45, 7) is 2.39. The fourth-order valence-corrected chi connectivity index (χ4v) is 1.75. The van der Waals surface area contributed by atoms with E-state index < -0.39 is 5.03 Å². The number of guanidine groups is 1. The van der Waals surface area contributed by atoms with Crippen LogP contribution in [0.15, 0.2) is 11.3 Å². The van der Waals surface area contributed by atoms with Crippen molar-refractivity contribution in [3.8, 4) is 0 Å². The van der Waals surface area contributed by atoms with Gasteiger partial charge in [0, 0.05) is 25.2 Å². The minimum absolute atomic E-state index is 0.219. The molecule has 0 radical (unpaired) electrons. The Morgan fingerprint density at radius 1 is 1.75 bits per heavy atom. The van der Waals surface area contributed by atoms with Crippen molar-refractivity contribution < 1.29 is 5.03 Å². The van der Waals surface area contributed by atoms with E-state index in [9.17, 15) is 10.1 Å². The van der Waals surface area contributed by atoms with Crippen molar-refractivity contribution in [3.05, 3.63) is 26.2 Å². The summed E-state index contributed by atoms with van der Waals surface area (Å²) in [7, 11) is 3.38. The maximum absolute atomic E-state index is 10.3. The molecular formula is C8H13N5O2S. The summed E-state index contributed by atoms with van der Waals surface area (Å²) in [5, 5.41) is 16.6. The number of hydrogen-bond donors (Lipinski definition) is 1. The lowest BCUT2D eigenvalue weighted by Crippen LogP contribution is -2.36. The van der Waals surface area contributed by atoms with Gasteiger partial charge in [-0.2, -0.15) is 0 Å². The van der Waals surface area contributed by atoms with E-state index in [4.69, 9.17) is 0 Å². The number of nitro groups is 1. The van der Waals surface area contributed by atoms with Crippen LogP contribution >= 0.6 is 11.3 Å². The van der Waals surface area contributed by atoms with Crippen LogP contribution < -0.4 is 5.32 Å². The molecule has 0 fully saturated rings. The van der Waals surface area contributed by atoms with Crippen molar-refractivity contribution in [2.75, 3.05) is 14.1 Å². The van der Waals surface area contributed by atoms with Crippen LogP contribution in [0.25, 0.3) is 0 Å². The highest BCUT2D eigenvalue weighted by atomic mass is 32.1. The van der Waals surface area contributed by atoms with Crippen LogP contribution in [0.1, 0.15) is 9.88 Å². The molecule has 0 saturated carbocycles. The summed E-state index contributed by atoms with van der Waals surface area (Å²) in [4.78, 5) is 16.9. The van der Waals surface area contributed by atoms with Gasteiger partial charge in [-0.05, 0) is 6.92 Å². The second-order valence-electron chi connectivity index (χ2n) is 3.26. The molecule has 0 bridgehead atoms. The first-order valence-corrected chi connectivity index (χ1v) is 5.36. The minimum atomic E-state index is -0.722. The molecular weight excluding hydrogens is 230 g/mol. The van der Waals surface area contributed by atoms with Gasteiger partial charge in [-0.25, -0.2) is 15.1 Å². The third-order valence-corrected chi connectivity index (χ3v) is 2.60. The first-order chi connectivity index (χ1) is 7.49. The van der Waals surface area contributed by atoms with Crippen LogP contribution in [0.3, 0.4) is 0 Å². The number of nitrogens with zero attached hydrogens (tertiary/aromatic N) is 4. The molecule has 7 nitrogen and oxygen atoms in total. The standard InChI is InChI=1S/C8H13N5O2S/c1-6-9-4-7(16-6)5-10-8(12(2)3)11-13(14)15/h4H,5H2,1-3H3,(H,10,11). The van der Waals surface area contributed by atoms with Crippen LogP contribution in [0, 0.1) is 17.0 Å². The van der Waals surface area contributed by atoms with Crippen molar-refractivity contribution in [2.45, 2.75) is 13.5 Å². The highest BCUT2D eigenvalue weighted by Gasteiger charge is 2.08. The third-order valence-electron chi connectivity index (χ3n) is 1.69. The van der Waals surface area contributed by atoms with Gasteiger partial charge in [0.1, 0.15) is 5.10 Å². The molecule has 1 N–H and O–H groups in total. The SMILES string of the molecule is Cc1ncc(CN/C(=N/[N+](=O)[O-])N(C)C)s1. The number of aryl methyl sites for hydroxylation is 1. The summed E-state index contributed by atoms with van der Waals surface area (Å²) >= 11 is 1.54. The average molecular weight is 243 g/mol. The van der Waals surface area contributed by atoms with Crippen LogP contribution in [0.4, 0.5) is 0 Å². The van der Waals surface area contributed by atoms with E-state index in [0.29, 0.717) is 6.54 Å². The molecule has 0 aliphatic heterocycles. The molecule has 88 valence electrons. The minimum Gasteiger partial charge on any atom is -0.346 e. The molecule has 1 aromatic heterocycles. The fourth-order valence-electron chi connectivity index (χ4n) is 1.01. The number of hydrogen-bond acceptors (Lipinski definition) is 4. The van der Waals surface area contributed by atoms with E-state index >= 15 is 0 Å². The predicted octanol–water partition coefficient (Wildman–Crippen LogP) is 0.650. The molecule has 0 aliphatic rings. The lowest BCUT2D eigenvalue weighted by Gasteiger charge is -2.13. The zero-order valence-corrected chi connectivity index (χ0v) is 10.1. The molecule has 0 atom stereocenters. The first-order valence-electron chi connectivity index (χ1n) is 4.54. The van der Waals surface area contributed by atoms with Crippen molar-refractivity contribution in [3.63, 3.8) is 0 Å². The largest absolute Gasteiger partial charge is 0.346 e. The average Bonchev–Trinajstić information content (AvgIpc) is 2.58. The maximum atomic E-state index is 10.3. The molecule has 0 saturated heterocycles. The summed E-state index contributed by atoms with van der Waals surface area (Å²) in [5.41, 5.74) is 0. The highest BCUT2D eigenvalue weighted by Crippen LogP contribution is 2.10. The topological polar surface area (TPSA) is 83.7 Å². The number of nitrogens with one attached hydrogen (secondary N) is 1. The maximum Gasteiger partial charge on any atom is 0.271 e. The number of rotatable bonds is 3. The molecule has 0 spiro atoms. The number of hydrazone groups is 1. The van der Waals surface area contributed by atoms with Crippen molar-refractivity contribution in [2.24, 2.45) is 5.10 Å². The van der Waals surface area contributed by atoms with Crippen molar-refractivity contribution in [1.29, 1.82) is 0 Å². The molecule has 1 rings (SSSR count). The molecule has 1 aromatic rings. The van der Waals surface area contributed by atoms with Crippen LogP contribution in [-0.2, 0) is 6.54 Å². The Balaban J connectivity index is 2.60. The summed E-state index contributed by atoms with van der Waals surface area (Å²) < 4.78 is 0. The molecule has 0 aliphatic carbocycles. The number of thiazole rings is 1. The summed E-state index contributed by atoms with van der Waals surface area (Å²) in [6.07, 6.45) is 1.74. The number of aromatic nitrogens is 1. The van der Waals surface area contributed by atoms with E-state index in [1.165, 1.54) is 0 Å². The van der Waals surface area contributed by atoms with Gasteiger partial charge in [0.2, 0.25) is 0 Å². The molecule has 0 amide bonds. The second kappa shape index (κ2) is 5.40. The Hall–Kier alpha value is -1.70. The van der Waals surface area contributed by atoms with E-state index in [2.05, 4.69) is 15.4 Å². The van der Waals surface area contributed by atoms with Crippen LogP contribution in [0.5, 0.6) is 0 Å². The summed E-state index contributed by atoms with van der Waals surface area (Å²) in [6, 6.07) is 0. The normalized spacial score (nSPS) is 11.3. The molecule has 1 heterocycles. The van der Waals surface area contributed by atoms with Crippen molar-refractivity contribution >= 4 is 17.3 Å². The van der Waals surface area contributed by atoms with Crippen LogP contribution in [-0.4, -0.2) is 35.0 Å². The van der Waals surface area contributed by atoms with Gasteiger partial charge in [-0.15, -0.1) is 11.3 Å². The lowest BCUT2D eigenvalue weighted by atomic mass is 10.5. The highest BCUT2D eigenvalue weighted by molar-refractivity contribution is 7.11. The molecule has 8 heteroatoms. The van der Waals surface area contributed by atoms with E-state index in [1.54, 1.807) is 36.5 Å². The Bertz CT molecular complexity index is 401. The lowest BCUT2D eigenvalue weighted by molar-refractivity contribution is -0.485. The quantitative estimate of drug-likeness (QED) is 0.365. The van der Waals surface area contributed by atoms with Gasteiger partial charge in [0.15, 0.2) is 5.03 Å². The first kappa shape index (κ1) is 12.4. The summed E-state index contributed by atoms with van der Waals surface area (Å²) in [5.74, 6) is 0.219. The van der Waals surface area contributed by atoms with Gasteiger partial charge in [0.25, 0.3) is 5.96 Å². The zero-order chi connectivity index (χ0) is 12.1.